The molecule has 0 amide bonds. The minimum Gasteiger partial charge on any atom is -0.390 e. The second kappa shape index (κ2) is 4.16. The summed E-state index contributed by atoms with van der Waals surface area (Å²) < 4.78 is 0. The number of nitrogens with zero attached hydrogens (tertiary/aromatic N) is 1. The maximum absolute atomic E-state index is 8.91. The molecule has 0 bridgehead atoms. The SMILES string of the molecule is NC1CCCC(N2C=C(CO)NN2)C1. The minimum atomic E-state index is 0.0439. The van der Waals surface area contributed by atoms with E-state index in [0.29, 0.717) is 12.1 Å². The molecule has 1 saturated carbocycles. The molecule has 0 radical (unpaired) electrons. The van der Waals surface area contributed by atoms with Crippen molar-refractivity contribution in [3.63, 3.8) is 0 Å². The molecule has 0 saturated heterocycles. The summed E-state index contributed by atoms with van der Waals surface area (Å²) in [6, 6.07) is 0.775. The second-order valence-electron chi connectivity index (χ2n) is 4.04. The highest BCUT2D eigenvalue weighted by Crippen LogP contribution is 2.22. The zero-order chi connectivity index (χ0) is 9.97. The van der Waals surface area contributed by atoms with Crippen LogP contribution < -0.4 is 16.7 Å². The lowest BCUT2D eigenvalue weighted by molar-refractivity contribution is 0.147. The third-order valence-electron chi connectivity index (χ3n) is 2.89. The number of hydrazine groups is 2. The largest absolute Gasteiger partial charge is 0.390 e. The van der Waals surface area contributed by atoms with Crippen molar-refractivity contribution in [2.24, 2.45) is 5.73 Å². The Morgan fingerprint density at radius 3 is 3.07 bits per heavy atom. The van der Waals surface area contributed by atoms with Crippen molar-refractivity contribution in [2.75, 3.05) is 6.61 Å². The Balaban J connectivity index is 1.92. The normalized spacial score (nSPS) is 32.7. The van der Waals surface area contributed by atoms with Crippen LogP contribution in [-0.4, -0.2) is 28.8 Å². The summed E-state index contributed by atoms with van der Waals surface area (Å²) in [5.41, 5.74) is 12.7. The van der Waals surface area contributed by atoms with Crippen LogP contribution in [0.15, 0.2) is 11.9 Å². The highest BCUT2D eigenvalue weighted by atomic mass is 16.3. The summed E-state index contributed by atoms with van der Waals surface area (Å²) in [5.74, 6) is 0. The Morgan fingerprint density at radius 1 is 1.57 bits per heavy atom. The summed E-state index contributed by atoms with van der Waals surface area (Å²) in [4.78, 5) is 0. The van der Waals surface area contributed by atoms with Gasteiger partial charge in [0.25, 0.3) is 0 Å². The van der Waals surface area contributed by atoms with Crippen molar-refractivity contribution in [3.05, 3.63) is 11.9 Å². The van der Waals surface area contributed by atoms with Gasteiger partial charge in [0.05, 0.1) is 12.3 Å². The Kier molecular flexibility index (Phi) is 2.90. The molecule has 2 unspecified atom stereocenters. The Labute approximate surface area is 83.9 Å². The van der Waals surface area contributed by atoms with Gasteiger partial charge in [0.1, 0.15) is 0 Å². The monoisotopic (exact) mass is 198 g/mol. The van der Waals surface area contributed by atoms with Crippen molar-refractivity contribution in [1.29, 1.82) is 0 Å². The van der Waals surface area contributed by atoms with Gasteiger partial charge in [-0.05, 0) is 25.7 Å². The molecule has 80 valence electrons. The number of hydrogen-bond acceptors (Lipinski definition) is 5. The van der Waals surface area contributed by atoms with Crippen LogP contribution in [0.25, 0.3) is 0 Å². The maximum atomic E-state index is 8.91. The first kappa shape index (κ1) is 9.76. The predicted molar refractivity (Wildman–Crippen MR) is 53.5 cm³/mol. The number of nitrogens with one attached hydrogen (secondary N) is 2. The summed E-state index contributed by atoms with van der Waals surface area (Å²) in [7, 11) is 0. The molecule has 0 spiro atoms. The van der Waals surface area contributed by atoms with Gasteiger partial charge in [0, 0.05) is 18.3 Å². The summed E-state index contributed by atoms with van der Waals surface area (Å²) in [6.07, 6.45) is 6.42. The third kappa shape index (κ3) is 2.00. The molecule has 2 aliphatic rings. The molecule has 2 atom stereocenters. The van der Waals surface area contributed by atoms with Crippen LogP contribution in [0.3, 0.4) is 0 Å². The quantitative estimate of drug-likeness (QED) is 0.477. The molecule has 14 heavy (non-hydrogen) atoms. The van der Waals surface area contributed by atoms with E-state index >= 15 is 0 Å². The van der Waals surface area contributed by atoms with Gasteiger partial charge in [-0.25, -0.2) is 0 Å². The van der Waals surface area contributed by atoms with Gasteiger partial charge in [0.15, 0.2) is 0 Å². The number of nitrogens with two attached hydrogens (primary N) is 1. The molecule has 1 aliphatic carbocycles. The van der Waals surface area contributed by atoms with E-state index < -0.39 is 0 Å². The minimum absolute atomic E-state index is 0.0439. The smallest absolute Gasteiger partial charge is 0.0857 e. The summed E-state index contributed by atoms with van der Waals surface area (Å²) >= 11 is 0. The zero-order valence-corrected chi connectivity index (χ0v) is 8.24. The Hall–Kier alpha value is -0.780. The maximum Gasteiger partial charge on any atom is 0.0857 e. The average Bonchev–Trinajstić information content (AvgIpc) is 2.66. The van der Waals surface area contributed by atoms with E-state index in [0.717, 1.165) is 25.0 Å². The van der Waals surface area contributed by atoms with Crippen LogP contribution in [0.4, 0.5) is 0 Å². The van der Waals surface area contributed by atoms with E-state index in [4.69, 9.17) is 10.8 Å². The van der Waals surface area contributed by atoms with Crippen molar-refractivity contribution < 1.29 is 5.11 Å². The van der Waals surface area contributed by atoms with Crippen molar-refractivity contribution in [3.8, 4) is 0 Å². The summed E-state index contributed by atoms with van der Waals surface area (Å²) in [6.45, 7) is 0.0439. The fourth-order valence-corrected chi connectivity index (χ4v) is 2.10. The molecular formula is C9H18N4O. The van der Waals surface area contributed by atoms with Gasteiger partial charge in [-0.1, -0.05) is 0 Å². The van der Waals surface area contributed by atoms with E-state index in [-0.39, 0.29) is 6.61 Å². The van der Waals surface area contributed by atoms with Crippen LogP contribution in [-0.2, 0) is 0 Å². The van der Waals surface area contributed by atoms with E-state index in [1.165, 1.54) is 6.42 Å². The molecule has 0 aromatic rings. The second-order valence-corrected chi connectivity index (χ2v) is 4.04. The molecule has 1 aliphatic heterocycles. The first-order valence-electron chi connectivity index (χ1n) is 5.16. The Morgan fingerprint density at radius 2 is 2.43 bits per heavy atom. The Bertz CT molecular complexity index is 231. The fourth-order valence-electron chi connectivity index (χ4n) is 2.10. The lowest BCUT2D eigenvalue weighted by Gasteiger charge is -2.33. The van der Waals surface area contributed by atoms with Crippen LogP contribution in [0.1, 0.15) is 25.7 Å². The molecule has 5 heteroatoms. The standard InChI is InChI=1S/C9H18N4O/c10-7-2-1-3-9(4-7)13-5-8(6-14)11-12-13/h5,7,9,11-12,14H,1-4,6,10H2. The molecular weight excluding hydrogens is 180 g/mol. The summed E-state index contributed by atoms with van der Waals surface area (Å²) in [5, 5.41) is 10.9. The number of aliphatic hydroxyl groups is 1. The number of aliphatic hydroxyl groups excluding tert-OH is 1. The lowest BCUT2D eigenvalue weighted by atomic mass is 9.91. The molecule has 5 N–H and O–H groups in total. The highest BCUT2D eigenvalue weighted by molar-refractivity contribution is 5.03. The van der Waals surface area contributed by atoms with E-state index in [9.17, 15) is 0 Å². The van der Waals surface area contributed by atoms with Gasteiger partial charge in [0.2, 0.25) is 0 Å². The highest BCUT2D eigenvalue weighted by Gasteiger charge is 2.25. The van der Waals surface area contributed by atoms with Crippen molar-refractivity contribution >= 4 is 0 Å². The van der Waals surface area contributed by atoms with Gasteiger partial charge in [-0.2, -0.15) is 0 Å². The van der Waals surface area contributed by atoms with Crippen molar-refractivity contribution in [2.45, 2.75) is 37.8 Å². The fraction of sp³-hybridized carbons (Fsp3) is 0.778. The topological polar surface area (TPSA) is 73.5 Å². The van der Waals surface area contributed by atoms with Gasteiger partial charge >= 0.3 is 0 Å². The van der Waals surface area contributed by atoms with E-state index in [1.54, 1.807) is 0 Å². The molecule has 0 aromatic carbocycles. The first-order valence-corrected chi connectivity index (χ1v) is 5.16. The predicted octanol–water partition coefficient (Wildman–Crippen LogP) is -0.585. The van der Waals surface area contributed by atoms with Crippen LogP contribution in [0, 0.1) is 0 Å². The molecule has 0 aromatic heterocycles. The van der Waals surface area contributed by atoms with Gasteiger partial charge in [-0.15, -0.1) is 5.53 Å². The van der Waals surface area contributed by atoms with Crippen LogP contribution >= 0.6 is 0 Å². The van der Waals surface area contributed by atoms with E-state index in [1.807, 2.05) is 11.2 Å². The number of rotatable bonds is 2. The first-order chi connectivity index (χ1) is 6.79. The lowest BCUT2D eigenvalue weighted by Crippen LogP contribution is -2.47. The van der Waals surface area contributed by atoms with Crippen LogP contribution in [0.5, 0.6) is 0 Å². The van der Waals surface area contributed by atoms with Crippen LogP contribution in [0.2, 0.25) is 0 Å². The zero-order valence-electron chi connectivity index (χ0n) is 8.24. The molecule has 1 heterocycles. The number of hydrogen-bond donors (Lipinski definition) is 4. The molecule has 2 rings (SSSR count). The van der Waals surface area contributed by atoms with Crippen molar-refractivity contribution in [1.82, 2.24) is 16.0 Å². The molecule has 5 nitrogen and oxygen atoms in total. The van der Waals surface area contributed by atoms with Gasteiger partial charge < -0.3 is 16.3 Å². The van der Waals surface area contributed by atoms with E-state index in [2.05, 4.69) is 11.0 Å². The average molecular weight is 198 g/mol. The third-order valence-corrected chi connectivity index (χ3v) is 2.89. The van der Waals surface area contributed by atoms with Gasteiger partial charge in [-0.3, -0.25) is 5.01 Å². The molecule has 1 fully saturated rings.